The van der Waals surface area contributed by atoms with Crippen LogP contribution in [0, 0.1) is 11.2 Å². The molecule has 0 atom stereocenters. The Morgan fingerprint density at radius 3 is 2.29 bits per heavy atom. The molecule has 0 unspecified atom stereocenters. The zero-order valence-electron chi connectivity index (χ0n) is 18.2. The van der Waals surface area contributed by atoms with E-state index in [2.05, 4.69) is 10.3 Å². The van der Waals surface area contributed by atoms with Gasteiger partial charge in [0.1, 0.15) is 11.7 Å². The third-order valence-electron chi connectivity index (χ3n) is 5.24. The summed E-state index contributed by atoms with van der Waals surface area (Å²) >= 11 is 0. The number of nitrogens with two attached hydrogens (primary N) is 2. The van der Waals surface area contributed by atoms with Gasteiger partial charge >= 0.3 is 0 Å². The molecule has 8 nitrogen and oxygen atoms in total. The normalized spacial score (nSPS) is 11.1. The Labute approximate surface area is 201 Å². The second-order valence-electron chi connectivity index (χ2n) is 7.64. The minimum absolute atomic E-state index is 0.00778. The van der Waals surface area contributed by atoms with E-state index in [9.17, 15) is 17.6 Å². The predicted molar refractivity (Wildman–Crippen MR) is 132 cm³/mol. The highest BCUT2D eigenvalue weighted by Crippen LogP contribution is 2.28. The van der Waals surface area contributed by atoms with Gasteiger partial charge in [0.25, 0.3) is 5.91 Å². The third kappa shape index (κ3) is 5.24. The van der Waals surface area contributed by atoms with Gasteiger partial charge in [-0.05, 0) is 47.5 Å². The number of carbonyl (C=O) groups is 1. The van der Waals surface area contributed by atoms with Gasteiger partial charge in [0.15, 0.2) is 0 Å². The summed E-state index contributed by atoms with van der Waals surface area (Å²) in [7, 11) is -3.90. The van der Waals surface area contributed by atoms with E-state index >= 15 is 0 Å². The number of pyridine rings is 1. The van der Waals surface area contributed by atoms with Crippen LogP contribution >= 0.6 is 0 Å². The minimum Gasteiger partial charge on any atom is -0.384 e. The molecule has 6 N–H and O–H groups in total. The number of amides is 1. The molecule has 0 saturated heterocycles. The number of halogens is 1. The van der Waals surface area contributed by atoms with Gasteiger partial charge in [0, 0.05) is 29.2 Å². The topological polar surface area (TPSA) is 152 Å². The number of hydrogen-bond donors (Lipinski definition) is 4. The molecule has 35 heavy (non-hydrogen) atoms. The van der Waals surface area contributed by atoms with E-state index < -0.39 is 27.6 Å². The Bertz CT molecular complexity index is 1550. The number of sulfonamides is 1. The van der Waals surface area contributed by atoms with Crippen LogP contribution in [0.2, 0.25) is 0 Å². The molecule has 0 aliphatic carbocycles. The molecular formula is C25H20FN5O3S. The summed E-state index contributed by atoms with van der Waals surface area (Å²) in [5.74, 6) is -1.44. The standard InChI is InChI=1S/C25H20FN5O3S/c26-22-10-7-16(12-21(22)24(27)28)17-11-18(14-30-13-17)25(32)31-19-8-5-15(6-9-19)20-3-1-2-4-23(20)35(29,33)34/h1-14H,(H3,27,28)(H,31,32)(H2,29,33,34). The van der Waals surface area contributed by atoms with E-state index in [0.29, 0.717) is 27.9 Å². The Morgan fingerprint density at radius 2 is 1.60 bits per heavy atom. The summed E-state index contributed by atoms with van der Waals surface area (Å²) < 4.78 is 37.6. The predicted octanol–water partition coefficient (Wildman–Crippen LogP) is 3.74. The van der Waals surface area contributed by atoms with Crippen molar-refractivity contribution < 1.29 is 17.6 Å². The lowest BCUT2D eigenvalue weighted by Gasteiger charge is -2.10. The van der Waals surface area contributed by atoms with E-state index in [1.54, 1.807) is 48.5 Å². The van der Waals surface area contributed by atoms with Crippen molar-refractivity contribution >= 4 is 27.5 Å². The summed E-state index contributed by atoms with van der Waals surface area (Å²) in [4.78, 5) is 16.9. The fraction of sp³-hybridized carbons (Fsp3) is 0. The molecular weight excluding hydrogens is 469 g/mol. The molecule has 1 heterocycles. The second kappa shape index (κ2) is 9.45. The largest absolute Gasteiger partial charge is 0.384 e. The van der Waals surface area contributed by atoms with Crippen LogP contribution in [0.4, 0.5) is 10.1 Å². The van der Waals surface area contributed by atoms with Gasteiger partial charge in [-0.1, -0.05) is 36.4 Å². The summed E-state index contributed by atoms with van der Waals surface area (Å²) in [5.41, 5.74) is 8.31. The maximum absolute atomic E-state index is 13.9. The van der Waals surface area contributed by atoms with E-state index in [0.717, 1.165) is 0 Å². The number of amidine groups is 1. The monoisotopic (exact) mass is 489 g/mol. The molecule has 0 spiro atoms. The number of primary sulfonamides is 1. The Balaban J connectivity index is 1.56. The molecule has 10 heteroatoms. The van der Waals surface area contributed by atoms with Crippen molar-refractivity contribution in [1.29, 1.82) is 5.41 Å². The van der Waals surface area contributed by atoms with Crippen molar-refractivity contribution in [3.05, 3.63) is 102 Å². The number of benzene rings is 3. The first kappa shape index (κ1) is 23.7. The van der Waals surface area contributed by atoms with Crippen LogP contribution in [0.3, 0.4) is 0 Å². The number of nitrogens with zero attached hydrogens (tertiary/aromatic N) is 1. The summed E-state index contributed by atoms with van der Waals surface area (Å²) in [6.07, 6.45) is 2.91. The lowest BCUT2D eigenvalue weighted by molar-refractivity contribution is 0.102. The lowest BCUT2D eigenvalue weighted by Crippen LogP contribution is -2.14. The van der Waals surface area contributed by atoms with Gasteiger partial charge in [0.05, 0.1) is 16.0 Å². The second-order valence-corrected chi connectivity index (χ2v) is 9.17. The highest BCUT2D eigenvalue weighted by Gasteiger charge is 2.15. The number of rotatable bonds is 6. The van der Waals surface area contributed by atoms with Crippen molar-refractivity contribution in [3.63, 3.8) is 0 Å². The average molecular weight is 490 g/mol. The number of hydrogen-bond acceptors (Lipinski definition) is 5. The molecule has 0 bridgehead atoms. The Kier molecular flexibility index (Phi) is 6.41. The quantitative estimate of drug-likeness (QED) is 0.240. The molecule has 1 aromatic heterocycles. The molecule has 0 aliphatic rings. The maximum Gasteiger partial charge on any atom is 0.257 e. The van der Waals surface area contributed by atoms with Gasteiger partial charge in [-0.2, -0.15) is 0 Å². The van der Waals surface area contributed by atoms with Crippen molar-refractivity contribution in [2.45, 2.75) is 4.90 Å². The number of carbonyl (C=O) groups excluding carboxylic acids is 1. The lowest BCUT2D eigenvalue weighted by atomic mass is 10.0. The number of aromatic nitrogens is 1. The SMILES string of the molecule is N=C(N)c1cc(-c2cncc(C(=O)Nc3ccc(-c4ccccc4S(N)(=O)=O)cc3)c2)ccc1F. The molecule has 0 radical (unpaired) electrons. The summed E-state index contributed by atoms with van der Waals surface area (Å²) in [5, 5.41) is 15.6. The fourth-order valence-corrected chi connectivity index (χ4v) is 4.28. The van der Waals surface area contributed by atoms with Crippen molar-refractivity contribution in [3.8, 4) is 22.3 Å². The summed E-state index contributed by atoms with van der Waals surface area (Å²) in [6.45, 7) is 0. The van der Waals surface area contributed by atoms with Crippen molar-refractivity contribution in [2.75, 3.05) is 5.32 Å². The van der Waals surface area contributed by atoms with E-state index in [1.807, 2.05) is 0 Å². The molecule has 4 rings (SSSR count). The number of nitrogen functional groups attached to an aromatic ring is 1. The zero-order valence-corrected chi connectivity index (χ0v) is 19.0. The molecule has 0 saturated carbocycles. The molecule has 0 aliphatic heterocycles. The van der Waals surface area contributed by atoms with Gasteiger partial charge < -0.3 is 11.1 Å². The fourth-order valence-electron chi connectivity index (χ4n) is 3.52. The van der Waals surface area contributed by atoms with Crippen molar-refractivity contribution in [2.24, 2.45) is 10.9 Å². The zero-order chi connectivity index (χ0) is 25.2. The van der Waals surface area contributed by atoms with Gasteiger partial charge in [0.2, 0.25) is 10.0 Å². The molecule has 0 fully saturated rings. The van der Waals surface area contributed by atoms with Crippen LogP contribution in [-0.4, -0.2) is 25.1 Å². The smallest absolute Gasteiger partial charge is 0.257 e. The Morgan fingerprint density at radius 1 is 0.914 bits per heavy atom. The minimum atomic E-state index is -3.90. The maximum atomic E-state index is 13.9. The van der Waals surface area contributed by atoms with Crippen LogP contribution in [0.25, 0.3) is 22.3 Å². The van der Waals surface area contributed by atoms with E-state index in [-0.39, 0.29) is 16.0 Å². The first-order valence-corrected chi connectivity index (χ1v) is 11.8. The highest BCUT2D eigenvalue weighted by molar-refractivity contribution is 7.89. The van der Waals surface area contributed by atoms with Gasteiger partial charge in [-0.15, -0.1) is 0 Å². The molecule has 176 valence electrons. The average Bonchev–Trinajstić information content (AvgIpc) is 2.84. The van der Waals surface area contributed by atoms with Crippen LogP contribution in [0.15, 0.2) is 90.1 Å². The van der Waals surface area contributed by atoms with Gasteiger partial charge in [-0.3, -0.25) is 15.2 Å². The van der Waals surface area contributed by atoms with Crippen LogP contribution in [0.5, 0.6) is 0 Å². The van der Waals surface area contributed by atoms with Crippen molar-refractivity contribution in [1.82, 2.24) is 4.98 Å². The van der Waals surface area contributed by atoms with Crippen LogP contribution < -0.4 is 16.2 Å². The summed E-state index contributed by atoms with van der Waals surface area (Å²) in [6, 6.07) is 18.8. The third-order valence-corrected chi connectivity index (χ3v) is 6.21. The first-order valence-electron chi connectivity index (χ1n) is 10.3. The first-order chi connectivity index (χ1) is 16.6. The van der Waals surface area contributed by atoms with Gasteiger partial charge in [-0.25, -0.2) is 17.9 Å². The van der Waals surface area contributed by atoms with E-state index in [4.69, 9.17) is 16.3 Å². The van der Waals surface area contributed by atoms with Crippen LogP contribution in [-0.2, 0) is 10.0 Å². The number of anilines is 1. The molecule has 3 aromatic carbocycles. The highest BCUT2D eigenvalue weighted by atomic mass is 32.2. The van der Waals surface area contributed by atoms with E-state index in [1.165, 1.54) is 36.7 Å². The molecule has 1 amide bonds. The van der Waals surface area contributed by atoms with Crippen LogP contribution in [0.1, 0.15) is 15.9 Å². The molecule has 4 aromatic rings. The number of nitrogens with one attached hydrogen (secondary N) is 2. The Hall–Kier alpha value is -4.41.